The van der Waals surface area contributed by atoms with E-state index in [0.717, 1.165) is 19.5 Å². The smallest absolute Gasteiger partial charge is 0.222 e. The first-order valence-electron chi connectivity index (χ1n) is 7.04. The molecule has 0 bridgehead atoms. The van der Waals surface area contributed by atoms with Crippen LogP contribution in [0.5, 0.6) is 0 Å². The predicted molar refractivity (Wildman–Crippen MR) is 78.3 cm³/mol. The number of benzene rings is 1. The summed E-state index contributed by atoms with van der Waals surface area (Å²) in [7, 11) is 0. The Labute approximate surface area is 119 Å². The zero-order valence-corrected chi connectivity index (χ0v) is 11.4. The van der Waals surface area contributed by atoms with Crippen molar-refractivity contribution in [3.05, 3.63) is 66.0 Å². The highest BCUT2D eigenvalue weighted by Crippen LogP contribution is 2.26. The van der Waals surface area contributed by atoms with E-state index in [-0.39, 0.29) is 5.91 Å². The van der Waals surface area contributed by atoms with Gasteiger partial charge in [0, 0.05) is 37.8 Å². The van der Waals surface area contributed by atoms with Crippen LogP contribution in [0.3, 0.4) is 0 Å². The van der Waals surface area contributed by atoms with Crippen LogP contribution in [0, 0.1) is 0 Å². The summed E-state index contributed by atoms with van der Waals surface area (Å²) in [6.07, 6.45) is 5.11. The van der Waals surface area contributed by atoms with Gasteiger partial charge >= 0.3 is 0 Å². The summed E-state index contributed by atoms with van der Waals surface area (Å²) in [5.41, 5.74) is 2.46. The van der Waals surface area contributed by atoms with Crippen LogP contribution in [-0.2, 0) is 11.2 Å². The van der Waals surface area contributed by atoms with Crippen LogP contribution in [0.2, 0.25) is 0 Å². The average molecular weight is 266 g/mol. The number of carbonyl (C=O) groups excluding carboxylic acids is 1. The minimum absolute atomic E-state index is 0.258. The second kappa shape index (κ2) is 5.87. The molecule has 3 nitrogen and oxygen atoms in total. The van der Waals surface area contributed by atoms with Crippen LogP contribution in [-0.4, -0.2) is 28.9 Å². The van der Waals surface area contributed by atoms with Crippen LogP contribution in [0.4, 0.5) is 0 Å². The Kier molecular flexibility index (Phi) is 3.77. The topological polar surface area (TPSA) is 33.2 Å². The molecule has 102 valence electrons. The summed E-state index contributed by atoms with van der Waals surface area (Å²) >= 11 is 0. The molecule has 1 aromatic carbocycles. The number of hydrogen-bond acceptors (Lipinski definition) is 2. The van der Waals surface area contributed by atoms with E-state index in [1.54, 1.807) is 6.20 Å². The van der Waals surface area contributed by atoms with Gasteiger partial charge in [0.1, 0.15) is 0 Å². The number of nitrogens with zero attached hydrogens (tertiary/aromatic N) is 2. The van der Waals surface area contributed by atoms with Crippen LogP contribution in [0.1, 0.15) is 23.5 Å². The third kappa shape index (κ3) is 2.87. The predicted octanol–water partition coefficient (Wildman–Crippen LogP) is 2.64. The third-order valence-corrected chi connectivity index (χ3v) is 3.86. The van der Waals surface area contributed by atoms with Crippen molar-refractivity contribution in [2.75, 3.05) is 13.1 Å². The van der Waals surface area contributed by atoms with Crippen molar-refractivity contribution in [3.8, 4) is 0 Å². The second-order valence-corrected chi connectivity index (χ2v) is 5.27. The summed E-state index contributed by atoms with van der Waals surface area (Å²) < 4.78 is 0. The van der Waals surface area contributed by atoms with Crippen molar-refractivity contribution < 1.29 is 4.79 Å². The van der Waals surface area contributed by atoms with Crippen LogP contribution < -0.4 is 0 Å². The average Bonchev–Trinajstić information content (AvgIpc) is 2.46. The molecule has 1 amide bonds. The molecule has 1 aliphatic rings. The molecule has 0 radical (unpaired) electrons. The number of amides is 1. The Balaban J connectivity index is 1.47. The zero-order chi connectivity index (χ0) is 13.8. The first-order chi connectivity index (χ1) is 9.83. The number of carbonyl (C=O) groups is 1. The number of hydrogen-bond donors (Lipinski definition) is 0. The summed E-state index contributed by atoms with van der Waals surface area (Å²) in [4.78, 5) is 18.2. The van der Waals surface area contributed by atoms with Gasteiger partial charge in [-0.2, -0.15) is 0 Å². The molecular weight excluding hydrogens is 248 g/mol. The van der Waals surface area contributed by atoms with E-state index >= 15 is 0 Å². The summed E-state index contributed by atoms with van der Waals surface area (Å²) in [5, 5.41) is 0. The Hall–Kier alpha value is -2.16. The standard InChI is InChI=1S/C17H18N2O/c20-17(9-8-14-5-2-1-3-6-14)19-12-16(13-19)15-7-4-10-18-11-15/h1-7,10-11,16H,8-9,12-13H2. The highest BCUT2D eigenvalue weighted by Gasteiger charge is 2.31. The first kappa shape index (κ1) is 12.9. The minimum Gasteiger partial charge on any atom is -0.341 e. The van der Waals surface area contributed by atoms with E-state index in [0.29, 0.717) is 12.3 Å². The van der Waals surface area contributed by atoms with Gasteiger partial charge < -0.3 is 4.90 Å². The zero-order valence-electron chi connectivity index (χ0n) is 11.4. The fourth-order valence-electron chi connectivity index (χ4n) is 2.56. The van der Waals surface area contributed by atoms with E-state index in [1.165, 1.54) is 11.1 Å². The highest BCUT2D eigenvalue weighted by atomic mass is 16.2. The van der Waals surface area contributed by atoms with Crippen molar-refractivity contribution in [3.63, 3.8) is 0 Å². The lowest BCUT2D eigenvalue weighted by molar-refractivity contribution is -0.135. The summed E-state index contributed by atoms with van der Waals surface area (Å²) in [6.45, 7) is 1.67. The quantitative estimate of drug-likeness (QED) is 0.852. The molecule has 0 N–H and O–H groups in total. The van der Waals surface area contributed by atoms with Gasteiger partial charge in [0.25, 0.3) is 0 Å². The lowest BCUT2D eigenvalue weighted by atomic mass is 9.92. The molecule has 20 heavy (non-hydrogen) atoms. The molecule has 0 atom stereocenters. The SMILES string of the molecule is O=C(CCc1ccccc1)N1CC(c2cccnc2)C1. The van der Waals surface area contributed by atoms with Crippen molar-refractivity contribution >= 4 is 5.91 Å². The Bertz CT molecular complexity index is 562. The second-order valence-electron chi connectivity index (χ2n) is 5.27. The van der Waals surface area contributed by atoms with Crippen LogP contribution in [0.15, 0.2) is 54.9 Å². The number of aromatic nitrogens is 1. The van der Waals surface area contributed by atoms with Crippen molar-refractivity contribution in [1.29, 1.82) is 0 Å². The number of likely N-dealkylation sites (tertiary alicyclic amines) is 1. The van der Waals surface area contributed by atoms with Gasteiger partial charge in [0.05, 0.1) is 0 Å². The third-order valence-electron chi connectivity index (χ3n) is 3.86. The molecule has 3 heteroatoms. The van der Waals surface area contributed by atoms with Gasteiger partial charge in [-0.25, -0.2) is 0 Å². The molecule has 1 saturated heterocycles. The van der Waals surface area contributed by atoms with E-state index in [9.17, 15) is 4.79 Å². The van der Waals surface area contributed by atoms with Gasteiger partial charge in [0.15, 0.2) is 0 Å². The fraction of sp³-hybridized carbons (Fsp3) is 0.294. The molecular formula is C17H18N2O. The monoisotopic (exact) mass is 266 g/mol. The molecule has 0 aliphatic carbocycles. The Morgan fingerprint density at radius 3 is 2.65 bits per heavy atom. The van der Waals surface area contributed by atoms with E-state index in [1.807, 2.05) is 35.4 Å². The van der Waals surface area contributed by atoms with Gasteiger partial charge in [-0.3, -0.25) is 9.78 Å². The number of pyridine rings is 1. The van der Waals surface area contributed by atoms with E-state index < -0.39 is 0 Å². The molecule has 1 aromatic heterocycles. The molecule has 2 heterocycles. The lowest BCUT2D eigenvalue weighted by Crippen LogP contribution is -2.48. The number of aryl methyl sites for hydroxylation is 1. The summed E-state index contributed by atoms with van der Waals surface area (Å²) in [6, 6.07) is 14.2. The van der Waals surface area contributed by atoms with Gasteiger partial charge in [0.2, 0.25) is 5.91 Å². The molecule has 0 unspecified atom stereocenters. The largest absolute Gasteiger partial charge is 0.341 e. The maximum atomic E-state index is 12.1. The van der Waals surface area contributed by atoms with Crippen LogP contribution in [0.25, 0.3) is 0 Å². The maximum absolute atomic E-state index is 12.1. The van der Waals surface area contributed by atoms with Crippen LogP contribution >= 0.6 is 0 Å². The van der Waals surface area contributed by atoms with E-state index in [4.69, 9.17) is 0 Å². The first-order valence-corrected chi connectivity index (χ1v) is 7.04. The van der Waals surface area contributed by atoms with Crippen molar-refractivity contribution in [2.24, 2.45) is 0 Å². The normalized spacial score (nSPS) is 14.9. The molecule has 1 aliphatic heterocycles. The fourth-order valence-corrected chi connectivity index (χ4v) is 2.56. The van der Waals surface area contributed by atoms with Gasteiger partial charge in [-0.15, -0.1) is 0 Å². The van der Waals surface area contributed by atoms with Gasteiger partial charge in [-0.05, 0) is 23.6 Å². The maximum Gasteiger partial charge on any atom is 0.222 e. The van der Waals surface area contributed by atoms with Crippen molar-refractivity contribution in [2.45, 2.75) is 18.8 Å². The molecule has 1 fully saturated rings. The Morgan fingerprint density at radius 2 is 1.95 bits per heavy atom. The molecule has 3 rings (SSSR count). The molecule has 2 aromatic rings. The molecule has 0 saturated carbocycles. The van der Waals surface area contributed by atoms with E-state index in [2.05, 4.69) is 23.2 Å². The lowest BCUT2D eigenvalue weighted by Gasteiger charge is -2.39. The minimum atomic E-state index is 0.258. The number of rotatable bonds is 4. The highest BCUT2D eigenvalue weighted by molar-refractivity contribution is 5.77. The Morgan fingerprint density at radius 1 is 1.15 bits per heavy atom. The van der Waals surface area contributed by atoms with Crippen molar-refractivity contribution in [1.82, 2.24) is 9.88 Å². The molecule has 0 spiro atoms. The van der Waals surface area contributed by atoms with Gasteiger partial charge in [-0.1, -0.05) is 36.4 Å². The summed E-state index contributed by atoms with van der Waals surface area (Å²) in [5.74, 6) is 0.721.